The van der Waals surface area contributed by atoms with Gasteiger partial charge in [0, 0.05) is 11.8 Å². The minimum Gasteiger partial charge on any atom is -0.303 e. The third-order valence-corrected chi connectivity index (χ3v) is 11.9. The molecule has 0 aliphatic heterocycles. The number of halogens is 6. The summed E-state index contributed by atoms with van der Waals surface area (Å²) < 4.78 is -1.41. The number of carbonyl (C=O) groups is 1. The van der Waals surface area contributed by atoms with Crippen LogP contribution in [0.4, 0.5) is 0 Å². The molecule has 5 aliphatic rings. The predicted octanol–water partition coefficient (Wildman–Crippen LogP) is 3.81. The molecule has 0 unspecified atom stereocenters. The molecule has 9 atom stereocenters. The van der Waals surface area contributed by atoms with Crippen molar-refractivity contribution in [3.8, 4) is 0 Å². The van der Waals surface area contributed by atoms with Gasteiger partial charge in [0.05, 0.1) is 9.75 Å². The Morgan fingerprint density at radius 3 is 1.84 bits per heavy atom. The van der Waals surface area contributed by atoms with Gasteiger partial charge in [-0.2, -0.15) is 0 Å². The first-order chi connectivity index (χ1) is 8.67. The fourth-order valence-corrected chi connectivity index (χ4v) is 10.9. The van der Waals surface area contributed by atoms with Crippen LogP contribution < -0.4 is 0 Å². The zero-order valence-corrected chi connectivity index (χ0v) is 13.9. The van der Waals surface area contributed by atoms with Crippen molar-refractivity contribution in [3.63, 3.8) is 0 Å². The smallest absolute Gasteiger partial charge is 0.160 e. The normalized spacial score (nSPS) is 76.6. The van der Waals surface area contributed by atoms with Gasteiger partial charge >= 0.3 is 0 Å². The molecule has 0 N–H and O–H groups in total. The van der Waals surface area contributed by atoms with E-state index in [4.69, 9.17) is 69.6 Å². The minimum absolute atomic E-state index is 0.00941. The van der Waals surface area contributed by atoms with Gasteiger partial charge in [0.1, 0.15) is 16.0 Å². The molecule has 104 valence electrons. The molecule has 7 heteroatoms. The van der Waals surface area contributed by atoms with Gasteiger partial charge in [0.15, 0.2) is 4.33 Å². The van der Waals surface area contributed by atoms with Crippen LogP contribution in [0, 0.1) is 29.6 Å². The highest BCUT2D eigenvalue weighted by atomic mass is 35.5. The van der Waals surface area contributed by atoms with E-state index in [1.54, 1.807) is 0 Å². The maximum atomic E-state index is 11.4. The second-order valence-corrected chi connectivity index (χ2v) is 10.4. The van der Waals surface area contributed by atoms with E-state index in [2.05, 4.69) is 0 Å². The maximum absolute atomic E-state index is 11.4. The Hall–Kier alpha value is 1.41. The van der Waals surface area contributed by atoms with E-state index in [-0.39, 0.29) is 29.6 Å². The SMILES string of the molecule is O=C[C@@H]1C[C@H]2[C@H]3[C@@H]1[C@]1(Cl)C(Cl)(Cl)[C@]3(Cl)[C@@]3(Cl)[C@@H]2[C@]31Cl. The molecule has 5 fully saturated rings. The first-order valence-electron chi connectivity index (χ1n) is 6.26. The van der Waals surface area contributed by atoms with E-state index in [9.17, 15) is 4.79 Å². The Morgan fingerprint density at radius 2 is 1.37 bits per heavy atom. The second-order valence-electron chi connectivity index (χ2n) is 6.65. The fraction of sp³-hybridized carbons (Fsp3) is 0.917. The first kappa shape index (κ1) is 12.9. The number of hydrogen-bond acceptors (Lipinski definition) is 1. The predicted molar refractivity (Wildman–Crippen MR) is 76.9 cm³/mol. The molecule has 0 aromatic rings. The van der Waals surface area contributed by atoms with E-state index in [1.165, 1.54) is 0 Å². The number of carbonyl (C=O) groups excluding carboxylic acids is 1. The van der Waals surface area contributed by atoms with Crippen LogP contribution in [0.1, 0.15) is 6.42 Å². The summed E-state index contributed by atoms with van der Waals surface area (Å²) in [7, 11) is 0. The maximum Gasteiger partial charge on any atom is 0.160 e. The number of alkyl halides is 6. The quantitative estimate of drug-likeness (QED) is 0.499. The van der Waals surface area contributed by atoms with Gasteiger partial charge in [-0.1, -0.05) is 23.2 Å². The summed E-state index contributed by atoms with van der Waals surface area (Å²) in [5.74, 6) is -0.143. The molecule has 5 aliphatic carbocycles. The molecule has 0 saturated heterocycles. The third kappa shape index (κ3) is 0.720. The van der Waals surface area contributed by atoms with Gasteiger partial charge in [0.25, 0.3) is 0 Å². The van der Waals surface area contributed by atoms with Crippen LogP contribution in [0.3, 0.4) is 0 Å². The van der Waals surface area contributed by atoms with Crippen molar-refractivity contribution in [1.82, 2.24) is 0 Å². The van der Waals surface area contributed by atoms with Gasteiger partial charge in [-0.15, -0.1) is 46.4 Å². The molecular formula is C12H8Cl6O. The van der Waals surface area contributed by atoms with Gasteiger partial charge in [-0.05, 0) is 24.2 Å². The molecule has 0 radical (unpaired) electrons. The Bertz CT molecular complexity index is 566. The van der Waals surface area contributed by atoms with Crippen molar-refractivity contribution in [3.05, 3.63) is 0 Å². The Labute approximate surface area is 140 Å². The highest BCUT2D eigenvalue weighted by molar-refractivity contribution is 6.66. The van der Waals surface area contributed by atoms with E-state index in [0.717, 1.165) is 12.7 Å². The van der Waals surface area contributed by atoms with Crippen molar-refractivity contribution >= 4 is 75.9 Å². The molecule has 0 aromatic carbocycles. The van der Waals surface area contributed by atoms with Crippen LogP contribution in [0.15, 0.2) is 0 Å². The topological polar surface area (TPSA) is 17.1 Å². The van der Waals surface area contributed by atoms with Crippen LogP contribution in [-0.2, 0) is 4.79 Å². The molecule has 5 rings (SSSR count). The third-order valence-electron chi connectivity index (χ3n) is 6.65. The minimum atomic E-state index is -1.41. The van der Waals surface area contributed by atoms with E-state index in [0.29, 0.717) is 0 Å². The van der Waals surface area contributed by atoms with Crippen LogP contribution in [0.2, 0.25) is 0 Å². The standard InChI is InChI=1S/C12H8Cl6O/c13-8-5-3(2-19)1-4-6(5)9(14,12(8,17)18)11(16)7(4)10(8,11)15/h2-7H,1H2/t3-,4-,5+,6-,7-,8+,9+,10+,11-/m0/s1. The summed E-state index contributed by atoms with van der Waals surface area (Å²) in [4.78, 5) is 7.49. The van der Waals surface area contributed by atoms with Crippen molar-refractivity contribution in [2.75, 3.05) is 0 Å². The lowest BCUT2D eigenvalue weighted by atomic mass is 9.73. The number of rotatable bonds is 1. The zero-order valence-electron chi connectivity index (χ0n) is 9.35. The first-order valence-corrected chi connectivity index (χ1v) is 8.53. The lowest BCUT2D eigenvalue weighted by molar-refractivity contribution is -0.112. The van der Waals surface area contributed by atoms with Gasteiger partial charge < -0.3 is 4.79 Å². The average Bonchev–Trinajstić information content (AvgIpc) is 2.59. The molecular weight excluding hydrogens is 373 g/mol. The molecule has 0 aromatic heterocycles. The number of fused-ring (bicyclic) bond motifs is 5. The largest absolute Gasteiger partial charge is 0.303 e. The number of aldehydes is 1. The lowest BCUT2D eigenvalue weighted by Crippen LogP contribution is -2.53. The molecule has 0 heterocycles. The Balaban J connectivity index is 1.89. The molecule has 0 spiro atoms. The van der Waals surface area contributed by atoms with Crippen LogP contribution in [-0.4, -0.2) is 30.1 Å². The van der Waals surface area contributed by atoms with Crippen LogP contribution in [0.25, 0.3) is 0 Å². The van der Waals surface area contributed by atoms with Gasteiger partial charge in [-0.25, -0.2) is 0 Å². The average molecular weight is 381 g/mol. The highest BCUT2D eigenvalue weighted by Gasteiger charge is 3.12. The van der Waals surface area contributed by atoms with Crippen LogP contribution in [0.5, 0.6) is 0 Å². The second kappa shape index (κ2) is 2.81. The zero-order chi connectivity index (χ0) is 13.8. The van der Waals surface area contributed by atoms with E-state index < -0.39 is 23.8 Å². The monoisotopic (exact) mass is 378 g/mol. The van der Waals surface area contributed by atoms with E-state index in [1.807, 2.05) is 0 Å². The van der Waals surface area contributed by atoms with Crippen molar-refractivity contribution < 1.29 is 4.79 Å². The molecule has 0 amide bonds. The lowest BCUT2D eigenvalue weighted by Gasteiger charge is -2.42. The Kier molecular flexibility index (Phi) is 1.91. The van der Waals surface area contributed by atoms with Crippen LogP contribution >= 0.6 is 69.6 Å². The molecule has 1 nitrogen and oxygen atoms in total. The van der Waals surface area contributed by atoms with Crippen molar-refractivity contribution in [1.29, 1.82) is 0 Å². The molecule has 5 saturated carbocycles. The number of hydrogen-bond donors (Lipinski definition) is 0. The summed E-state index contributed by atoms with van der Waals surface area (Å²) in [5.41, 5.74) is 0. The van der Waals surface area contributed by atoms with E-state index >= 15 is 0 Å². The van der Waals surface area contributed by atoms with Crippen molar-refractivity contribution in [2.45, 2.75) is 30.3 Å². The summed E-state index contributed by atoms with van der Waals surface area (Å²) in [6.07, 6.45) is 1.70. The van der Waals surface area contributed by atoms with Gasteiger partial charge in [0.2, 0.25) is 0 Å². The summed E-state index contributed by atoms with van der Waals surface area (Å²) in [5, 5.41) is 0. The summed E-state index contributed by atoms with van der Waals surface area (Å²) in [6.45, 7) is 0. The fourth-order valence-electron chi connectivity index (χ4n) is 6.34. The van der Waals surface area contributed by atoms with Crippen molar-refractivity contribution in [2.24, 2.45) is 29.6 Å². The molecule has 19 heavy (non-hydrogen) atoms. The van der Waals surface area contributed by atoms with Gasteiger partial charge in [-0.3, -0.25) is 0 Å². The highest BCUT2D eigenvalue weighted by Crippen LogP contribution is 3.01. The Morgan fingerprint density at radius 1 is 0.842 bits per heavy atom. The summed E-state index contributed by atoms with van der Waals surface area (Å²) >= 11 is 40.4. The molecule has 2 bridgehead atoms. The summed E-state index contributed by atoms with van der Waals surface area (Å²) in [6, 6.07) is 0.